The molecule has 0 spiro atoms. The molecule has 2 aromatic rings. The Kier molecular flexibility index (Phi) is 3.12. The van der Waals surface area contributed by atoms with Gasteiger partial charge in [-0.2, -0.15) is 0 Å². The van der Waals surface area contributed by atoms with E-state index in [-0.39, 0.29) is 10.8 Å². The number of phenolic OH excluding ortho intramolecular Hbond substituents is 1. The van der Waals surface area contributed by atoms with Gasteiger partial charge in [-0.05, 0) is 12.1 Å². The molecule has 0 amide bonds. The average molecular weight is 315 g/mol. The van der Waals surface area contributed by atoms with Gasteiger partial charge in [-0.3, -0.25) is 4.99 Å². The predicted octanol–water partition coefficient (Wildman–Crippen LogP) is 2.60. The molecule has 98 valence electrons. The lowest BCUT2D eigenvalue weighted by Crippen LogP contribution is -2.17. The molecule has 3 rings (SSSR count). The molecule has 1 aliphatic rings. The average Bonchev–Trinajstić information content (AvgIpc) is 2.99. The van der Waals surface area contributed by atoms with Crippen molar-refractivity contribution in [2.75, 3.05) is 5.75 Å². The smallest absolute Gasteiger partial charge is 0.329 e. The molecule has 0 unspecified atom stereocenters. The van der Waals surface area contributed by atoms with E-state index >= 15 is 0 Å². The number of fused-ring (bicyclic) bond motifs is 1. The Hall–Kier alpha value is -1.31. The molecule has 0 saturated heterocycles. The van der Waals surface area contributed by atoms with Crippen molar-refractivity contribution in [2.24, 2.45) is 4.99 Å². The van der Waals surface area contributed by atoms with E-state index in [0.29, 0.717) is 26.0 Å². The SMILES string of the molecule is O=C(O)[C@H]1CSC(c2nc3ccc(O)c(Cl)c3s2)=N1. The summed E-state index contributed by atoms with van der Waals surface area (Å²) in [5.41, 5.74) is 0.671. The molecule has 0 bridgehead atoms. The first-order valence-electron chi connectivity index (χ1n) is 5.28. The Balaban J connectivity index is 2.05. The molecule has 1 aromatic carbocycles. The number of carboxylic acid groups (broad SMARTS) is 1. The van der Waals surface area contributed by atoms with Crippen LogP contribution in [0.2, 0.25) is 5.02 Å². The second kappa shape index (κ2) is 4.66. The minimum atomic E-state index is -0.931. The van der Waals surface area contributed by atoms with Crippen LogP contribution >= 0.6 is 34.7 Å². The maximum Gasteiger partial charge on any atom is 0.329 e. The van der Waals surface area contributed by atoms with E-state index in [1.54, 1.807) is 6.07 Å². The number of aromatic nitrogens is 1. The highest BCUT2D eigenvalue weighted by atomic mass is 35.5. The monoisotopic (exact) mass is 314 g/mol. The molecule has 2 heterocycles. The van der Waals surface area contributed by atoms with Crippen molar-refractivity contribution < 1.29 is 15.0 Å². The number of thioether (sulfide) groups is 1. The molecule has 0 saturated carbocycles. The van der Waals surface area contributed by atoms with E-state index in [1.807, 2.05) is 0 Å². The van der Waals surface area contributed by atoms with Crippen molar-refractivity contribution in [3.05, 3.63) is 22.2 Å². The molecule has 1 aromatic heterocycles. The van der Waals surface area contributed by atoms with Gasteiger partial charge in [-0.25, -0.2) is 9.78 Å². The standard InChI is InChI=1S/C11H7ClN2O3S2/c12-7-6(15)2-1-4-8(7)19-10(13-4)9-14-5(3-18-9)11(16)17/h1-2,5,15H,3H2,(H,16,17)/t5-/m1/s1. The van der Waals surface area contributed by atoms with Crippen molar-refractivity contribution in [2.45, 2.75) is 6.04 Å². The first-order valence-corrected chi connectivity index (χ1v) is 7.46. The largest absolute Gasteiger partial charge is 0.506 e. The Morgan fingerprint density at radius 3 is 2.95 bits per heavy atom. The van der Waals surface area contributed by atoms with Gasteiger partial charge in [0.15, 0.2) is 6.04 Å². The van der Waals surface area contributed by atoms with Crippen LogP contribution in [0.15, 0.2) is 17.1 Å². The first kappa shape index (κ1) is 12.7. The van der Waals surface area contributed by atoms with Crippen molar-refractivity contribution >= 4 is 55.9 Å². The van der Waals surface area contributed by atoms with Gasteiger partial charge in [-0.15, -0.1) is 23.1 Å². The van der Waals surface area contributed by atoms with Crippen molar-refractivity contribution in [1.82, 2.24) is 4.98 Å². The minimum absolute atomic E-state index is 0.00814. The molecule has 5 nitrogen and oxygen atoms in total. The fourth-order valence-corrected chi connectivity index (χ4v) is 4.03. The summed E-state index contributed by atoms with van der Waals surface area (Å²) >= 11 is 8.67. The molecule has 0 radical (unpaired) electrons. The summed E-state index contributed by atoms with van der Waals surface area (Å²) in [4.78, 5) is 19.4. The zero-order valence-corrected chi connectivity index (χ0v) is 11.7. The molecule has 19 heavy (non-hydrogen) atoms. The number of aromatic hydroxyl groups is 1. The fourth-order valence-electron chi connectivity index (χ4n) is 1.66. The molecule has 0 fully saturated rings. The Labute approximate surface area is 120 Å². The van der Waals surface area contributed by atoms with Crippen LogP contribution in [0.4, 0.5) is 0 Å². The number of nitrogens with zero attached hydrogens (tertiary/aromatic N) is 2. The van der Waals surface area contributed by atoms with Crippen LogP contribution in [-0.4, -0.2) is 38.0 Å². The molecule has 8 heteroatoms. The summed E-state index contributed by atoms with van der Waals surface area (Å²) in [6.07, 6.45) is 0. The third kappa shape index (κ3) is 2.18. The minimum Gasteiger partial charge on any atom is -0.506 e. The van der Waals surface area contributed by atoms with Gasteiger partial charge in [0.05, 0.1) is 10.2 Å². The van der Waals surface area contributed by atoms with E-state index < -0.39 is 12.0 Å². The maximum absolute atomic E-state index is 10.9. The third-order valence-electron chi connectivity index (χ3n) is 2.60. The van der Waals surface area contributed by atoms with Crippen molar-refractivity contribution in [3.8, 4) is 5.75 Å². The number of aliphatic carboxylic acids is 1. The molecule has 2 N–H and O–H groups in total. The normalized spacial score (nSPS) is 18.8. The van der Waals surface area contributed by atoms with Gasteiger partial charge in [0.2, 0.25) is 0 Å². The topological polar surface area (TPSA) is 82.8 Å². The van der Waals surface area contributed by atoms with E-state index in [4.69, 9.17) is 16.7 Å². The fraction of sp³-hybridized carbons (Fsp3) is 0.182. The molecule has 0 aliphatic carbocycles. The van der Waals surface area contributed by atoms with Gasteiger partial charge in [0.1, 0.15) is 20.8 Å². The van der Waals surface area contributed by atoms with Gasteiger partial charge in [0.25, 0.3) is 0 Å². The lowest BCUT2D eigenvalue weighted by atomic mass is 10.3. The van der Waals surface area contributed by atoms with E-state index in [9.17, 15) is 9.90 Å². The van der Waals surface area contributed by atoms with Crippen LogP contribution in [0.1, 0.15) is 5.01 Å². The number of hydrogen-bond donors (Lipinski definition) is 2. The van der Waals surface area contributed by atoms with Gasteiger partial charge in [-0.1, -0.05) is 11.6 Å². The second-order valence-electron chi connectivity index (χ2n) is 3.87. The first-order chi connectivity index (χ1) is 9.06. The Morgan fingerprint density at radius 1 is 1.47 bits per heavy atom. The summed E-state index contributed by atoms with van der Waals surface area (Å²) in [5, 5.41) is 20.0. The van der Waals surface area contributed by atoms with Crippen LogP contribution in [0.5, 0.6) is 5.75 Å². The molecule has 1 atom stereocenters. The number of rotatable bonds is 2. The van der Waals surface area contributed by atoms with E-state index in [2.05, 4.69) is 9.98 Å². The highest BCUT2D eigenvalue weighted by Crippen LogP contribution is 2.37. The zero-order valence-electron chi connectivity index (χ0n) is 9.33. The van der Waals surface area contributed by atoms with E-state index in [0.717, 1.165) is 0 Å². The van der Waals surface area contributed by atoms with E-state index in [1.165, 1.54) is 29.2 Å². The number of carbonyl (C=O) groups is 1. The molecular formula is C11H7ClN2O3S2. The Morgan fingerprint density at radius 2 is 2.26 bits per heavy atom. The van der Waals surface area contributed by atoms with Crippen LogP contribution in [0, 0.1) is 0 Å². The van der Waals surface area contributed by atoms with Gasteiger partial charge >= 0.3 is 5.97 Å². The third-order valence-corrected chi connectivity index (χ3v) is 5.37. The Bertz CT molecular complexity index is 713. The summed E-state index contributed by atoms with van der Waals surface area (Å²) in [6.45, 7) is 0. The zero-order chi connectivity index (χ0) is 13.6. The van der Waals surface area contributed by atoms with Gasteiger partial charge in [0, 0.05) is 5.75 Å². The summed E-state index contributed by atoms with van der Waals surface area (Å²) in [5.74, 6) is -0.507. The predicted molar refractivity (Wildman–Crippen MR) is 76.7 cm³/mol. The van der Waals surface area contributed by atoms with Gasteiger partial charge < -0.3 is 10.2 Å². The lowest BCUT2D eigenvalue weighted by Gasteiger charge is -1.94. The van der Waals surface area contributed by atoms with Crippen LogP contribution in [-0.2, 0) is 4.79 Å². The summed E-state index contributed by atoms with van der Waals surface area (Å²) in [6, 6.07) is 2.44. The summed E-state index contributed by atoms with van der Waals surface area (Å²) < 4.78 is 0.679. The summed E-state index contributed by atoms with van der Waals surface area (Å²) in [7, 11) is 0. The number of carboxylic acids is 1. The van der Waals surface area contributed by atoms with Crippen LogP contribution < -0.4 is 0 Å². The quantitative estimate of drug-likeness (QED) is 0.890. The number of aliphatic imine (C=N–C) groups is 1. The molecule has 1 aliphatic heterocycles. The van der Waals surface area contributed by atoms with Crippen molar-refractivity contribution in [1.29, 1.82) is 0 Å². The lowest BCUT2D eigenvalue weighted by molar-refractivity contribution is -0.137. The number of halogens is 1. The number of benzene rings is 1. The molecular weight excluding hydrogens is 308 g/mol. The van der Waals surface area contributed by atoms with Crippen molar-refractivity contribution in [3.63, 3.8) is 0 Å². The number of thiazole rings is 1. The number of phenols is 1. The highest BCUT2D eigenvalue weighted by molar-refractivity contribution is 8.15. The second-order valence-corrected chi connectivity index (χ2v) is 6.25. The highest BCUT2D eigenvalue weighted by Gasteiger charge is 2.27. The van der Waals surface area contributed by atoms with Crippen LogP contribution in [0.25, 0.3) is 10.2 Å². The number of hydrogen-bond acceptors (Lipinski definition) is 6. The van der Waals surface area contributed by atoms with Crippen LogP contribution in [0.3, 0.4) is 0 Å². The maximum atomic E-state index is 10.9.